The predicted octanol–water partition coefficient (Wildman–Crippen LogP) is 2.18. The number of nitrogens with zero attached hydrogens (tertiary/aromatic N) is 2. The van der Waals surface area contributed by atoms with Gasteiger partial charge in [-0.25, -0.2) is 9.78 Å². The number of aromatic nitrogens is 1. The van der Waals surface area contributed by atoms with Gasteiger partial charge in [-0.05, 0) is 13.3 Å². The van der Waals surface area contributed by atoms with E-state index >= 15 is 0 Å². The second kappa shape index (κ2) is 7.33. The Morgan fingerprint density at radius 1 is 1.56 bits per heavy atom. The molecule has 1 heterocycles. The van der Waals surface area contributed by atoms with Gasteiger partial charge in [-0.1, -0.05) is 18.3 Å². The van der Waals surface area contributed by atoms with Crippen molar-refractivity contribution >= 4 is 22.4 Å². The van der Waals surface area contributed by atoms with Crippen LogP contribution in [0, 0.1) is 0 Å². The van der Waals surface area contributed by atoms with Crippen molar-refractivity contribution in [2.24, 2.45) is 0 Å². The summed E-state index contributed by atoms with van der Waals surface area (Å²) in [5, 5.41) is 0.835. The van der Waals surface area contributed by atoms with Crippen molar-refractivity contribution in [3.8, 4) is 0 Å². The lowest BCUT2D eigenvalue weighted by molar-refractivity contribution is 0.0606. The molecule has 0 radical (unpaired) electrons. The Morgan fingerprint density at radius 2 is 2.28 bits per heavy atom. The van der Waals surface area contributed by atoms with Gasteiger partial charge in [-0.2, -0.15) is 0 Å². The van der Waals surface area contributed by atoms with Crippen LogP contribution in [0.2, 0.25) is 0 Å². The van der Waals surface area contributed by atoms with E-state index in [1.54, 1.807) is 13.3 Å². The zero-order valence-electron chi connectivity index (χ0n) is 11.3. The summed E-state index contributed by atoms with van der Waals surface area (Å²) in [4.78, 5) is 18.4. The van der Waals surface area contributed by atoms with E-state index in [0.717, 1.165) is 18.1 Å². The van der Waals surface area contributed by atoms with Crippen molar-refractivity contribution in [2.45, 2.75) is 26.3 Å². The third kappa shape index (κ3) is 3.68. The molecule has 0 N–H and O–H groups in total. The molecule has 1 aromatic rings. The second-order valence-corrected chi connectivity index (χ2v) is 4.95. The van der Waals surface area contributed by atoms with Crippen LogP contribution in [0.4, 0.5) is 5.13 Å². The average Bonchev–Trinajstić information content (AvgIpc) is 2.87. The molecule has 1 aromatic heterocycles. The second-order valence-electron chi connectivity index (χ2n) is 3.94. The van der Waals surface area contributed by atoms with Crippen LogP contribution in [0.3, 0.4) is 0 Å². The fourth-order valence-electron chi connectivity index (χ4n) is 1.51. The molecular formula is C12H20N2O3S. The van der Waals surface area contributed by atoms with Crippen molar-refractivity contribution in [1.29, 1.82) is 0 Å². The Labute approximate surface area is 112 Å². The maximum absolute atomic E-state index is 11.4. The third-order valence-corrected chi connectivity index (χ3v) is 3.80. The molecule has 0 bridgehead atoms. The molecule has 0 spiro atoms. The van der Waals surface area contributed by atoms with Crippen molar-refractivity contribution in [3.05, 3.63) is 11.1 Å². The van der Waals surface area contributed by atoms with Gasteiger partial charge in [0.15, 0.2) is 5.13 Å². The van der Waals surface area contributed by atoms with Gasteiger partial charge in [0, 0.05) is 19.7 Å². The summed E-state index contributed by atoms with van der Waals surface area (Å²) in [6.45, 7) is 5.66. The highest BCUT2D eigenvalue weighted by molar-refractivity contribution is 7.17. The van der Waals surface area contributed by atoms with E-state index in [1.807, 2.05) is 0 Å². The monoisotopic (exact) mass is 272 g/mol. The lowest BCUT2D eigenvalue weighted by atomic mass is 10.2. The van der Waals surface area contributed by atoms with E-state index in [-0.39, 0.29) is 5.97 Å². The standard InChI is InChI=1S/C12H20N2O3S/c1-5-9(2)14(6-7-16-3)12-13-8-10(18-12)11(15)17-4/h8-9H,5-7H2,1-4H3. The molecule has 0 aliphatic heterocycles. The fourth-order valence-corrected chi connectivity index (χ4v) is 2.47. The van der Waals surface area contributed by atoms with Gasteiger partial charge in [0.05, 0.1) is 19.9 Å². The van der Waals surface area contributed by atoms with Crippen molar-refractivity contribution in [2.75, 3.05) is 32.3 Å². The van der Waals surface area contributed by atoms with Gasteiger partial charge in [0.2, 0.25) is 0 Å². The van der Waals surface area contributed by atoms with E-state index in [0.29, 0.717) is 17.5 Å². The highest BCUT2D eigenvalue weighted by Crippen LogP contribution is 2.25. The summed E-state index contributed by atoms with van der Waals surface area (Å²) in [7, 11) is 3.05. The number of anilines is 1. The molecule has 1 atom stereocenters. The molecule has 0 fully saturated rings. The molecule has 1 rings (SSSR count). The molecule has 0 aromatic carbocycles. The van der Waals surface area contributed by atoms with Gasteiger partial charge in [0.25, 0.3) is 0 Å². The zero-order chi connectivity index (χ0) is 13.5. The molecule has 0 aliphatic carbocycles. The number of thiazole rings is 1. The Bertz CT molecular complexity index is 381. The number of esters is 1. The van der Waals surface area contributed by atoms with E-state index in [2.05, 4.69) is 28.5 Å². The Balaban J connectivity index is 2.84. The topological polar surface area (TPSA) is 51.7 Å². The Hall–Kier alpha value is -1.14. The fraction of sp³-hybridized carbons (Fsp3) is 0.667. The molecule has 18 heavy (non-hydrogen) atoms. The normalized spacial score (nSPS) is 12.2. The van der Waals surface area contributed by atoms with Crippen LogP contribution in [0.5, 0.6) is 0 Å². The summed E-state index contributed by atoms with van der Waals surface area (Å²) in [5.41, 5.74) is 0. The molecule has 5 nitrogen and oxygen atoms in total. The quantitative estimate of drug-likeness (QED) is 0.712. The Kier molecular flexibility index (Phi) is 6.07. The first-order valence-electron chi connectivity index (χ1n) is 5.93. The molecule has 0 amide bonds. The molecular weight excluding hydrogens is 252 g/mol. The van der Waals surface area contributed by atoms with Crippen molar-refractivity contribution in [3.63, 3.8) is 0 Å². The molecule has 0 saturated heterocycles. The minimum Gasteiger partial charge on any atom is -0.465 e. The SMILES string of the molecule is CCC(C)N(CCOC)c1ncc(C(=O)OC)s1. The van der Waals surface area contributed by atoms with Crippen molar-refractivity contribution in [1.82, 2.24) is 4.98 Å². The summed E-state index contributed by atoms with van der Waals surface area (Å²) < 4.78 is 9.79. The molecule has 6 heteroatoms. The average molecular weight is 272 g/mol. The minimum atomic E-state index is -0.338. The third-order valence-electron chi connectivity index (χ3n) is 2.78. The van der Waals surface area contributed by atoms with E-state index in [1.165, 1.54) is 18.4 Å². The lowest BCUT2D eigenvalue weighted by Gasteiger charge is -2.27. The van der Waals surface area contributed by atoms with E-state index < -0.39 is 0 Å². The smallest absolute Gasteiger partial charge is 0.349 e. The molecule has 0 saturated carbocycles. The van der Waals surface area contributed by atoms with Gasteiger partial charge in [-0.3, -0.25) is 0 Å². The summed E-state index contributed by atoms with van der Waals surface area (Å²) in [6.07, 6.45) is 2.57. The predicted molar refractivity (Wildman–Crippen MR) is 72.4 cm³/mol. The highest BCUT2D eigenvalue weighted by atomic mass is 32.1. The van der Waals surface area contributed by atoms with Gasteiger partial charge < -0.3 is 14.4 Å². The largest absolute Gasteiger partial charge is 0.465 e. The Morgan fingerprint density at radius 3 is 2.83 bits per heavy atom. The first-order chi connectivity index (χ1) is 8.63. The van der Waals surface area contributed by atoms with Crippen LogP contribution in [0.15, 0.2) is 6.20 Å². The number of hydrogen-bond donors (Lipinski definition) is 0. The number of carbonyl (C=O) groups excluding carboxylic acids is 1. The summed E-state index contributed by atoms with van der Waals surface area (Å²) >= 11 is 1.35. The van der Waals surface area contributed by atoms with Crippen LogP contribution in [-0.4, -0.2) is 44.4 Å². The van der Waals surface area contributed by atoms with Gasteiger partial charge in [0.1, 0.15) is 4.88 Å². The minimum absolute atomic E-state index is 0.338. The molecule has 102 valence electrons. The molecule has 1 unspecified atom stereocenters. The van der Waals surface area contributed by atoms with Crippen LogP contribution in [0.25, 0.3) is 0 Å². The van der Waals surface area contributed by atoms with E-state index in [4.69, 9.17) is 4.74 Å². The van der Waals surface area contributed by atoms with Gasteiger partial charge >= 0.3 is 5.97 Å². The maximum atomic E-state index is 11.4. The van der Waals surface area contributed by atoms with Crippen LogP contribution >= 0.6 is 11.3 Å². The zero-order valence-corrected chi connectivity index (χ0v) is 12.1. The van der Waals surface area contributed by atoms with Gasteiger partial charge in [-0.15, -0.1) is 0 Å². The highest BCUT2D eigenvalue weighted by Gasteiger charge is 2.18. The van der Waals surface area contributed by atoms with E-state index in [9.17, 15) is 4.79 Å². The first kappa shape index (κ1) is 14.9. The number of carbonyl (C=O) groups is 1. The first-order valence-corrected chi connectivity index (χ1v) is 6.75. The number of methoxy groups -OCH3 is 2. The van der Waals surface area contributed by atoms with Crippen LogP contribution < -0.4 is 4.90 Å². The summed E-state index contributed by atoms with van der Waals surface area (Å²) in [6, 6.07) is 0.358. The van der Waals surface area contributed by atoms with Crippen LogP contribution in [0.1, 0.15) is 29.9 Å². The lowest BCUT2D eigenvalue weighted by Crippen LogP contribution is -2.35. The van der Waals surface area contributed by atoms with Crippen molar-refractivity contribution < 1.29 is 14.3 Å². The molecule has 0 aliphatic rings. The number of ether oxygens (including phenoxy) is 2. The number of rotatable bonds is 7. The number of hydrogen-bond acceptors (Lipinski definition) is 6. The summed E-state index contributed by atoms with van der Waals surface area (Å²) in [5.74, 6) is -0.338. The van der Waals surface area contributed by atoms with Crippen LogP contribution in [-0.2, 0) is 9.47 Å². The maximum Gasteiger partial charge on any atom is 0.349 e.